The average molecular weight is 408 g/mol. The highest BCUT2D eigenvalue weighted by Crippen LogP contribution is 2.42. The van der Waals surface area contributed by atoms with Gasteiger partial charge in [0, 0.05) is 31.4 Å². The number of nitrogens with zero attached hydrogens (tertiary/aromatic N) is 2. The molecule has 1 aliphatic carbocycles. The van der Waals surface area contributed by atoms with Gasteiger partial charge in [0.15, 0.2) is 11.6 Å². The number of pyridine rings is 1. The number of nitrogen functional groups attached to an aromatic ring is 1. The van der Waals surface area contributed by atoms with Crippen molar-refractivity contribution < 1.29 is 23.8 Å². The lowest BCUT2D eigenvalue weighted by molar-refractivity contribution is 0.0694. The van der Waals surface area contributed by atoms with E-state index in [2.05, 4.69) is 5.32 Å². The number of piperazine rings is 1. The number of hydrogen-bond donors (Lipinski definition) is 4. The summed E-state index contributed by atoms with van der Waals surface area (Å²) in [6, 6.07) is -0.670. The second-order valence-corrected chi connectivity index (χ2v) is 7.94. The van der Waals surface area contributed by atoms with Crippen molar-refractivity contribution in [1.82, 2.24) is 9.88 Å². The zero-order chi connectivity index (χ0) is 21.2. The number of halogens is 2. The number of nitrogens with one attached hydrogen (secondary N) is 1. The number of carbonyl (C=O) groups is 1. The first-order valence-electron chi connectivity index (χ1n) is 9.39. The first kappa shape index (κ1) is 19.6. The lowest BCUT2D eigenvalue weighted by Gasteiger charge is -2.38. The molecule has 4 atom stereocenters. The quantitative estimate of drug-likeness (QED) is 0.560. The lowest BCUT2D eigenvalue weighted by atomic mass is 10.0. The summed E-state index contributed by atoms with van der Waals surface area (Å²) in [6.07, 6.45) is 0.460. The van der Waals surface area contributed by atoms with Crippen molar-refractivity contribution in [2.45, 2.75) is 44.5 Å². The Labute approximate surface area is 164 Å². The summed E-state index contributed by atoms with van der Waals surface area (Å²) < 4.78 is 32.1. The van der Waals surface area contributed by atoms with Crippen molar-refractivity contribution in [2.75, 3.05) is 23.7 Å². The molecule has 156 valence electrons. The van der Waals surface area contributed by atoms with Crippen LogP contribution in [0, 0.1) is 11.6 Å². The van der Waals surface area contributed by atoms with E-state index in [0.717, 1.165) is 6.20 Å². The van der Waals surface area contributed by atoms with Gasteiger partial charge < -0.3 is 30.7 Å². The Morgan fingerprint density at radius 3 is 2.34 bits per heavy atom. The molecular weight excluding hydrogens is 386 g/mol. The van der Waals surface area contributed by atoms with E-state index in [0.29, 0.717) is 13.1 Å². The van der Waals surface area contributed by atoms with Crippen LogP contribution in [0.1, 0.15) is 36.7 Å². The maximum atomic E-state index is 15.7. The Hall–Kier alpha value is -2.72. The van der Waals surface area contributed by atoms with Crippen molar-refractivity contribution in [3.05, 3.63) is 33.6 Å². The number of carboxylic acids is 1. The molecule has 2 fully saturated rings. The maximum absolute atomic E-state index is 15.7. The van der Waals surface area contributed by atoms with E-state index >= 15 is 8.78 Å². The molecule has 2 aromatic rings. The van der Waals surface area contributed by atoms with Crippen LogP contribution >= 0.6 is 0 Å². The van der Waals surface area contributed by atoms with Gasteiger partial charge >= 0.3 is 5.97 Å². The Morgan fingerprint density at radius 2 is 1.83 bits per heavy atom. The van der Waals surface area contributed by atoms with Crippen LogP contribution in [0.15, 0.2) is 11.0 Å². The number of aliphatic hydroxyl groups is 1. The van der Waals surface area contributed by atoms with Crippen LogP contribution in [-0.4, -0.2) is 52.0 Å². The summed E-state index contributed by atoms with van der Waals surface area (Å²) >= 11 is 0. The van der Waals surface area contributed by atoms with Gasteiger partial charge in [-0.1, -0.05) is 0 Å². The van der Waals surface area contributed by atoms with Gasteiger partial charge in [-0.15, -0.1) is 0 Å². The average Bonchev–Trinajstić information content (AvgIpc) is 3.35. The van der Waals surface area contributed by atoms with E-state index in [9.17, 15) is 19.8 Å². The molecule has 29 heavy (non-hydrogen) atoms. The smallest absolute Gasteiger partial charge is 0.341 e. The third-order valence-electron chi connectivity index (χ3n) is 5.55. The van der Waals surface area contributed by atoms with E-state index in [-0.39, 0.29) is 29.7 Å². The van der Waals surface area contributed by atoms with Crippen molar-refractivity contribution in [3.63, 3.8) is 0 Å². The van der Waals surface area contributed by atoms with Crippen LogP contribution < -0.4 is 21.4 Å². The Kier molecular flexibility index (Phi) is 4.50. The van der Waals surface area contributed by atoms with Crippen LogP contribution in [0.25, 0.3) is 10.9 Å². The van der Waals surface area contributed by atoms with Gasteiger partial charge in [0.1, 0.15) is 11.3 Å². The van der Waals surface area contributed by atoms with Crippen LogP contribution in [-0.2, 0) is 0 Å². The summed E-state index contributed by atoms with van der Waals surface area (Å²) in [5.41, 5.74) is 2.98. The second-order valence-electron chi connectivity index (χ2n) is 7.94. The molecule has 2 aliphatic rings. The molecular formula is C19H22F2N4O4. The van der Waals surface area contributed by atoms with E-state index in [1.807, 2.05) is 13.8 Å². The minimum absolute atomic E-state index is 0.0312. The number of aliphatic hydroxyl groups excluding tert-OH is 1. The zero-order valence-electron chi connectivity index (χ0n) is 15.9. The SMILES string of the molecule is C[C@@H]1CN(c2c(F)c(N)c3c(=O)c(C(=O)O)cn(C4CC4O)c3c2F)C[C@H](C)N1. The molecule has 2 unspecified atom stereocenters. The molecule has 1 aromatic heterocycles. The number of fused-ring (bicyclic) bond motifs is 1. The van der Waals surface area contributed by atoms with Gasteiger partial charge in [-0.2, -0.15) is 0 Å². The third-order valence-corrected chi connectivity index (χ3v) is 5.55. The van der Waals surface area contributed by atoms with Gasteiger partial charge in [-0.3, -0.25) is 4.79 Å². The standard InChI is InChI=1S/C19H22F2N4O4/c1-7-4-24(5-8(2)23-7)17-13(20)15(22)12-16(14(17)21)25(10-3-11(10)26)6-9(18(12)27)19(28)29/h6-8,10-11,23,26H,3-5,22H2,1-2H3,(H,28,29)/t7-,8+,10?,11?. The number of aromatic carboxylic acids is 1. The molecule has 0 radical (unpaired) electrons. The Bertz CT molecular complexity index is 1080. The predicted octanol–water partition coefficient (Wildman–Crippen LogP) is 1.05. The van der Waals surface area contributed by atoms with Gasteiger partial charge in [0.25, 0.3) is 0 Å². The largest absolute Gasteiger partial charge is 0.477 e. The van der Waals surface area contributed by atoms with E-state index in [4.69, 9.17) is 5.73 Å². The molecule has 0 spiro atoms. The summed E-state index contributed by atoms with van der Waals surface area (Å²) in [5, 5.41) is 22.0. The van der Waals surface area contributed by atoms with Crippen LogP contribution in [0.4, 0.5) is 20.2 Å². The zero-order valence-corrected chi connectivity index (χ0v) is 15.9. The summed E-state index contributed by atoms with van der Waals surface area (Å²) in [5.74, 6) is -3.60. The normalized spacial score (nSPS) is 26.7. The molecule has 5 N–H and O–H groups in total. The Morgan fingerprint density at radius 1 is 1.24 bits per heavy atom. The number of nitrogens with two attached hydrogens (primary N) is 1. The Balaban J connectivity index is 2.05. The summed E-state index contributed by atoms with van der Waals surface area (Å²) in [7, 11) is 0. The molecule has 1 saturated carbocycles. The minimum atomic E-state index is -1.53. The van der Waals surface area contributed by atoms with Crippen molar-refractivity contribution in [2.24, 2.45) is 0 Å². The van der Waals surface area contributed by atoms with E-state index < -0.39 is 51.8 Å². The van der Waals surface area contributed by atoms with Gasteiger partial charge in [-0.25, -0.2) is 13.6 Å². The van der Waals surface area contributed by atoms with Crippen molar-refractivity contribution >= 4 is 28.2 Å². The molecule has 4 rings (SSSR count). The summed E-state index contributed by atoms with van der Waals surface area (Å²) in [6.45, 7) is 4.43. The number of benzene rings is 1. The third kappa shape index (κ3) is 3.03. The molecule has 1 saturated heterocycles. The van der Waals surface area contributed by atoms with Gasteiger partial charge in [-0.05, 0) is 20.3 Å². The molecule has 10 heteroatoms. The predicted molar refractivity (Wildman–Crippen MR) is 103 cm³/mol. The fourth-order valence-electron chi connectivity index (χ4n) is 4.22. The number of anilines is 2. The second kappa shape index (κ2) is 6.67. The van der Waals surface area contributed by atoms with E-state index in [1.165, 1.54) is 9.47 Å². The molecule has 1 aromatic carbocycles. The van der Waals surface area contributed by atoms with Gasteiger partial charge in [0.05, 0.1) is 28.7 Å². The molecule has 1 aliphatic heterocycles. The number of carboxylic acid groups (broad SMARTS) is 1. The monoisotopic (exact) mass is 408 g/mol. The van der Waals surface area contributed by atoms with Crippen molar-refractivity contribution in [1.29, 1.82) is 0 Å². The molecule has 2 heterocycles. The van der Waals surface area contributed by atoms with Crippen LogP contribution in [0.3, 0.4) is 0 Å². The van der Waals surface area contributed by atoms with Crippen LogP contribution in [0.5, 0.6) is 0 Å². The first-order chi connectivity index (χ1) is 13.6. The molecule has 0 bridgehead atoms. The van der Waals surface area contributed by atoms with E-state index in [1.54, 1.807) is 0 Å². The maximum Gasteiger partial charge on any atom is 0.341 e. The number of hydrogen-bond acceptors (Lipinski definition) is 6. The fraction of sp³-hybridized carbons (Fsp3) is 0.474. The summed E-state index contributed by atoms with van der Waals surface area (Å²) in [4.78, 5) is 25.7. The first-order valence-corrected chi connectivity index (χ1v) is 9.39. The highest BCUT2D eigenvalue weighted by molar-refractivity contribution is 5.99. The fourth-order valence-corrected chi connectivity index (χ4v) is 4.22. The highest BCUT2D eigenvalue weighted by atomic mass is 19.1. The topological polar surface area (TPSA) is 121 Å². The highest BCUT2D eigenvalue weighted by Gasteiger charge is 2.40. The minimum Gasteiger partial charge on any atom is -0.477 e. The molecule has 8 nitrogen and oxygen atoms in total. The molecule has 0 amide bonds. The van der Waals surface area contributed by atoms with Crippen molar-refractivity contribution in [3.8, 4) is 0 Å². The number of rotatable bonds is 3. The number of aromatic nitrogens is 1. The van der Waals surface area contributed by atoms with Gasteiger partial charge in [0.2, 0.25) is 5.43 Å². The van der Waals surface area contributed by atoms with Crippen LogP contribution in [0.2, 0.25) is 0 Å². The lowest BCUT2D eigenvalue weighted by Crippen LogP contribution is -2.54.